The molecule has 2 aliphatic heterocycles. The van der Waals surface area contributed by atoms with Crippen LogP contribution in [0.5, 0.6) is 0 Å². The molecule has 0 aliphatic carbocycles. The Morgan fingerprint density at radius 3 is 2.92 bits per heavy atom. The number of nitrogens with zero attached hydrogens (tertiary/aromatic N) is 1. The molecule has 2 saturated heterocycles. The summed E-state index contributed by atoms with van der Waals surface area (Å²) in [6.45, 7) is 7.95. The number of amides is 1. The number of benzene rings is 1. The lowest BCUT2D eigenvalue weighted by molar-refractivity contribution is -0.136. The number of ether oxygens (including phenoxy) is 1. The molecule has 4 heteroatoms. The third-order valence-electron chi connectivity index (χ3n) is 5.23. The van der Waals surface area contributed by atoms with E-state index in [1.54, 1.807) is 0 Å². The zero-order chi connectivity index (χ0) is 16.9. The molecule has 2 aliphatic rings. The molecule has 24 heavy (non-hydrogen) atoms. The number of carbonyl (C=O) groups is 1. The van der Waals surface area contributed by atoms with Crippen LogP contribution in [0, 0.1) is 5.92 Å². The molecule has 1 aromatic rings. The molecule has 2 bridgehead atoms. The van der Waals surface area contributed by atoms with Crippen LogP contribution in [0.3, 0.4) is 0 Å². The van der Waals surface area contributed by atoms with Crippen molar-refractivity contribution in [2.75, 3.05) is 13.2 Å². The molecule has 3 rings (SSSR count). The van der Waals surface area contributed by atoms with Crippen LogP contribution in [-0.2, 0) is 16.1 Å². The van der Waals surface area contributed by atoms with Gasteiger partial charge in [0.15, 0.2) is 0 Å². The number of carbonyl (C=O) groups excluding carboxylic acids is 1. The van der Waals surface area contributed by atoms with Gasteiger partial charge in [-0.1, -0.05) is 36.4 Å². The highest BCUT2D eigenvalue weighted by Gasteiger charge is 2.39. The first-order chi connectivity index (χ1) is 11.7. The van der Waals surface area contributed by atoms with Crippen molar-refractivity contribution in [3.8, 4) is 0 Å². The number of hydrogen-bond donors (Lipinski definition) is 1. The molecule has 2 heterocycles. The van der Waals surface area contributed by atoms with Gasteiger partial charge in [0.2, 0.25) is 5.91 Å². The van der Waals surface area contributed by atoms with E-state index < -0.39 is 0 Å². The van der Waals surface area contributed by atoms with E-state index in [0.29, 0.717) is 25.2 Å². The van der Waals surface area contributed by atoms with Crippen LogP contribution in [0.1, 0.15) is 31.7 Å². The van der Waals surface area contributed by atoms with E-state index in [1.165, 1.54) is 0 Å². The van der Waals surface area contributed by atoms with E-state index in [-0.39, 0.29) is 18.0 Å². The van der Waals surface area contributed by atoms with Crippen molar-refractivity contribution >= 4 is 5.91 Å². The predicted molar refractivity (Wildman–Crippen MR) is 95.5 cm³/mol. The van der Waals surface area contributed by atoms with Crippen LogP contribution >= 0.6 is 0 Å². The summed E-state index contributed by atoms with van der Waals surface area (Å²) >= 11 is 0. The molecule has 0 aromatic heterocycles. The van der Waals surface area contributed by atoms with Crippen LogP contribution in [0.25, 0.3) is 0 Å². The minimum atomic E-state index is -0.0368. The van der Waals surface area contributed by atoms with Crippen molar-refractivity contribution in [3.63, 3.8) is 0 Å². The molecule has 4 nitrogen and oxygen atoms in total. The van der Waals surface area contributed by atoms with Crippen LogP contribution in [0.4, 0.5) is 0 Å². The molecule has 2 fully saturated rings. The molecule has 0 radical (unpaired) electrons. The maximum Gasteiger partial charge on any atom is 0.240 e. The van der Waals surface area contributed by atoms with Gasteiger partial charge in [-0.15, -0.1) is 6.58 Å². The van der Waals surface area contributed by atoms with Gasteiger partial charge in [0.1, 0.15) is 0 Å². The Balaban J connectivity index is 1.60. The van der Waals surface area contributed by atoms with Gasteiger partial charge in [0, 0.05) is 18.5 Å². The van der Waals surface area contributed by atoms with Gasteiger partial charge < -0.3 is 15.0 Å². The summed E-state index contributed by atoms with van der Waals surface area (Å²) in [6, 6.07) is 10.6. The zero-order valence-corrected chi connectivity index (χ0v) is 14.5. The highest BCUT2D eigenvalue weighted by atomic mass is 16.5. The summed E-state index contributed by atoms with van der Waals surface area (Å²) in [4.78, 5) is 14.9. The van der Waals surface area contributed by atoms with Crippen molar-refractivity contribution < 1.29 is 9.53 Å². The second kappa shape index (κ2) is 7.95. The van der Waals surface area contributed by atoms with E-state index in [2.05, 4.69) is 31.0 Å². The highest BCUT2D eigenvalue weighted by molar-refractivity contribution is 5.82. The minimum absolute atomic E-state index is 0.0368. The second-order valence-electron chi connectivity index (χ2n) is 7.00. The van der Waals surface area contributed by atoms with Crippen molar-refractivity contribution in [1.29, 1.82) is 0 Å². The monoisotopic (exact) mass is 328 g/mol. The summed E-state index contributed by atoms with van der Waals surface area (Å²) in [5.41, 5.74) is 1.16. The Hall–Kier alpha value is -1.65. The first kappa shape index (κ1) is 17.2. The van der Waals surface area contributed by atoms with Crippen LogP contribution in [0.2, 0.25) is 0 Å². The van der Waals surface area contributed by atoms with Gasteiger partial charge in [-0.25, -0.2) is 0 Å². The summed E-state index contributed by atoms with van der Waals surface area (Å²) in [6.07, 6.45) is 5.19. The predicted octanol–water partition coefficient (Wildman–Crippen LogP) is 2.75. The molecular formula is C20H28N2O2. The van der Waals surface area contributed by atoms with Gasteiger partial charge in [-0.05, 0) is 31.7 Å². The Bertz CT molecular complexity index is 560. The van der Waals surface area contributed by atoms with E-state index in [9.17, 15) is 4.79 Å². The zero-order valence-electron chi connectivity index (χ0n) is 14.5. The molecule has 1 amide bonds. The smallest absolute Gasteiger partial charge is 0.240 e. The highest BCUT2D eigenvalue weighted by Crippen LogP contribution is 2.26. The second-order valence-corrected chi connectivity index (χ2v) is 7.00. The minimum Gasteiger partial charge on any atom is -0.375 e. The lowest BCUT2D eigenvalue weighted by Crippen LogP contribution is -2.50. The fraction of sp³-hybridized carbons (Fsp3) is 0.550. The average Bonchev–Trinajstić information content (AvgIpc) is 2.71. The first-order valence-electron chi connectivity index (χ1n) is 9.00. The summed E-state index contributed by atoms with van der Waals surface area (Å²) < 4.78 is 5.86. The summed E-state index contributed by atoms with van der Waals surface area (Å²) in [5.74, 6) is 0.538. The Morgan fingerprint density at radius 1 is 1.38 bits per heavy atom. The van der Waals surface area contributed by atoms with Crippen molar-refractivity contribution in [2.45, 2.75) is 50.9 Å². The third-order valence-corrected chi connectivity index (χ3v) is 5.23. The van der Waals surface area contributed by atoms with Crippen LogP contribution in [0.15, 0.2) is 43.0 Å². The standard InChI is InChI=1S/C20H28N2O2/c1-3-17-12-22(20(23)19-11-7-10-18(17)21-19)15(2)13-24-14-16-8-5-4-6-9-16/h3-6,8-9,15,17-19,21H,1,7,10-14H2,2H3/t15?,17-,18-,19?/m0/s1. The van der Waals surface area contributed by atoms with Gasteiger partial charge in [0.05, 0.1) is 25.3 Å². The van der Waals surface area contributed by atoms with E-state index >= 15 is 0 Å². The lowest BCUT2D eigenvalue weighted by Gasteiger charge is -2.31. The molecule has 4 atom stereocenters. The Morgan fingerprint density at radius 2 is 2.17 bits per heavy atom. The van der Waals surface area contributed by atoms with Crippen molar-refractivity contribution in [3.05, 3.63) is 48.6 Å². The van der Waals surface area contributed by atoms with Crippen molar-refractivity contribution in [2.24, 2.45) is 5.92 Å². The normalized spacial score (nSPS) is 28.3. The SMILES string of the molecule is C=C[C@H]1CN(C(C)COCc2ccccc2)C(=O)C2CCC[C@@H]1N2. The molecule has 130 valence electrons. The Labute approximate surface area is 144 Å². The fourth-order valence-electron chi connectivity index (χ4n) is 3.79. The number of nitrogens with one attached hydrogen (secondary N) is 1. The maximum absolute atomic E-state index is 12.9. The van der Waals surface area contributed by atoms with Gasteiger partial charge in [-0.3, -0.25) is 4.79 Å². The van der Waals surface area contributed by atoms with E-state index in [0.717, 1.165) is 31.4 Å². The van der Waals surface area contributed by atoms with Crippen molar-refractivity contribution in [1.82, 2.24) is 10.2 Å². The summed E-state index contributed by atoms with van der Waals surface area (Å²) in [7, 11) is 0. The molecule has 0 spiro atoms. The molecule has 2 unspecified atom stereocenters. The van der Waals surface area contributed by atoms with Gasteiger partial charge in [0.25, 0.3) is 0 Å². The quantitative estimate of drug-likeness (QED) is 0.817. The Kier molecular flexibility index (Phi) is 5.69. The van der Waals surface area contributed by atoms with Crippen LogP contribution < -0.4 is 5.32 Å². The fourth-order valence-corrected chi connectivity index (χ4v) is 3.79. The summed E-state index contributed by atoms with van der Waals surface area (Å²) in [5, 5.41) is 3.53. The van der Waals surface area contributed by atoms with Crippen LogP contribution in [-0.4, -0.2) is 42.1 Å². The number of piperidine rings is 1. The largest absolute Gasteiger partial charge is 0.375 e. The number of fused-ring (bicyclic) bond motifs is 2. The first-order valence-corrected chi connectivity index (χ1v) is 9.00. The molecule has 1 N–H and O–H groups in total. The third kappa shape index (κ3) is 3.87. The maximum atomic E-state index is 12.9. The van der Waals surface area contributed by atoms with E-state index in [4.69, 9.17) is 4.74 Å². The van der Waals surface area contributed by atoms with E-state index in [1.807, 2.05) is 29.2 Å². The molecular weight excluding hydrogens is 300 g/mol. The topological polar surface area (TPSA) is 41.6 Å². The lowest BCUT2D eigenvalue weighted by atomic mass is 9.91. The average molecular weight is 328 g/mol. The van der Waals surface area contributed by atoms with Gasteiger partial charge in [-0.2, -0.15) is 0 Å². The molecule has 1 aromatic carbocycles. The number of rotatable bonds is 6. The molecule has 0 saturated carbocycles. The van der Waals surface area contributed by atoms with Gasteiger partial charge >= 0.3 is 0 Å². The number of hydrogen-bond acceptors (Lipinski definition) is 3.